The third-order valence-corrected chi connectivity index (χ3v) is 8.27. The normalized spacial score (nSPS) is 17.7. The second kappa shape index (κ2) is 9.90. The number of hydrogen-bond acceptors (Lipinski definition) is 6. The molecule has 2 heterocycles. The van der Waals surface area contributed by atoms with Crippen LogP contribution in [0.25, 0.3) is 10.8 Å². The Kier molecular flexibility index (Phi) is 7.12. The van der Waals surface area contributed by atoms with Gasteiger partial charge in [0.05, 0.1) is 22.8 Å². The van der Waals surface area contributed by atoms with Crippen LogP contribution in [0.5, 0.6) is 0 Å². The molecule has 0 spiro atoms. The minimum atomic E-state index is -3.70. The van der Waals surface area contributed by atoms with Crippen molar-refractivity contribution in [2.45, 2.75) is 37.3 Å². The van der Waals surface area contributed by atoms with Gasteiger partial charge in [0.1, 0.15) is 0 Å². The topological polar surface area (TPSA) is 90.8 Å². The molecule has 1 aliphatic heterocycles. The molecule has 0 saturated carbocycles. The number of aliphatic hydroxyl groups excluding tert-OH is 1. The fourth-order valence-corrected chi connectivity index (χ4v) is 6.12. The number of fused-ring (bicyclic) bond motifs is 1. The highest BCUT2D eigenvalue weighted by Crippen LogP contribution is 2.27. The van der Waals surface area contributed by atoms with Crippen LogP contribution in [0.1, 0.15) is 19.0 Å². The summed E-state index contributed by atoms with van der Waals surface area (Å²) >= 11 is 6.04. The molecule has 3 aromatic rings. The number of carbonyl (C=O) groups is 1. The number of piperazine rings is 1. The number of aromatic nitrogens is 1. The van der Waals surface area contributed by atoms with Crippen molar-refractivity contribution in [3.05, 3.63) is 65.4 Å². The predicted molar refractivity (Wildman–Crippen MR) is 134 cm³/mol. The standard InChI is InChI=1S/C25H28ClN3O4S/c1-17-14-21(8-10-27-17)28-11-12-29(23(16-28)18(2)30)25(31)9-13-34(32,33)24-5-3-4-19-15-20(26)6-7-22(19)24/h3-8,10,14-15,18,23,30H,9,11-13,16H2,1-2H3. The second-order valence-electron chi connectivity index (χ2n) is 8.69. The van der Waals surface area contributed by atoms with E-state index in [-0.39, 0.29) is 23.0 Å². The molecule has 2 aromatic carbocycles. The molecule has 1 amide bonds. The van der Waals surface area contributed by atoms with Crippen LogP contribution < -0.4 is 4.90 Å². The highest BCUT2D eigenvalue weighted by Gasteiger charge is 2.34. The maximum Gasteiger partial charge on any atom is 0.224 e. The molecule has 1 fully saturated rings. The number of anilines is 1. The number of sulfone groups is 1. The third-order valence-electron chi connectivity index (χ3n) is 6.26. The number of nitrogens with zero attached hydrogens (tertiary/aromatic N) is 3. The van der Waals surface area contributed by atoms with Crippen molar-refractivity contribution < 1.29 is 18.3 Å². The zero-order chi connectivity index (χ0) is 24.5. The molecule has 1 N–H and O–H groups in total. The summed E-state index contributed by atoms with van der Waals surface area (Å²) in [7, 11) is -3.70. The summed E-state index contributed by atoms with van der Waals surface area (Å²) in [6, 6.07) is 13.6. The number of aliphatic hydroxyl groups is 1. The smallest absolute Gasteiger partial charge is 0.224 e. The van der Waals surface area contributed by atoms with Crippen LogP contribution in [0.4, 0.5) is 5.69 Å². The van der Waals surface area contributed by atoms with Gasteiger partial charge >= 0.3 is 0 Å². The Balaban J connectivity index is 1.48. The number of benzene rings is 2. The van der Waals surface area contributed by atoms with Crippen molar-refractivity contribution in [3.63, 3.8) is 0 Å². The predicted octanol–water partition coefficient (Wildman–Crippen LogP) is 3.46. The van der Waals surface area contributed by atoms with E-state index in [9.17, 15) is 18.3 Å². The molecule has 2 atom stereocenters. The van der Waals surface area contributed by atoms with E-state index in [0.29, 0.717) is 30.0 Å². The molecular formula is C25H28ClN3O4S. The number of hydrogen-bond donors (Lipinski definition) is 1. The Labute approximate surface area is 204 Å². The Hall–Kier alpha value is -2.68. The Bertz CT molecular complexity index is 1310. The lowest BCUT2D eigenvalue weighted by Crippen LogP contribution is -2.59. The van der Waals surface area contributed by atoms with E-state index >= 15 is 0 Å². The fourth-order valence-electron chi connectivity index (χ4n) is 4.47. The van der Waals surface area contributed by atoms with E-state index in [1.165, 1.54) is 0 Å². The lowest BCUT2D eigenvalue weighted by Gasteiger charge is -2.43. The average molecular weight is 502 g/mol. The summed E-state index contributed by atoms with van der Waals surface area (Å²) < 4.78 is 26.3. The van der Waals surface area contributed by atoms with Gasteiger partial charge in [-0.2, -0.15) is 0 Å². The van der Waals surface area contributed by atoms with E-state index in [2.05, 4.69) is 9.88 Å². The zero-order valence-electron chi connectivity index (χ0n) is 19.2. The monoisotopic (exact) mass is 501 g/mol. The molecular weight excluding hydrogens is 474 g/mol. The van der Waals surface area contributed by atoms with E-state index in [1.807, 2.05) is 25.1 Å². The van der Waals surface area contributed by atoms with Crippen molar-refractivity contribution in [1.82, 2.24) is 9.88 Å². The second-order valence-corrected chi connectivity index (χ2v) is 11.2. The molecule has 1 aromatic heterocycles. The number of amides is 1. The maximum atomic E-state index is 13.1. The highest BCUT2D eigenvalue weighted by molar-refractivity contribution is 7.91. The van der Waals surface area contributed by atoms with Crippen LogP contribution in [-0.4, -0.2) is 66.8 Å². The molecule has 0 bridgehead atoms. The van der Waals surface area contributed by atoms with Gasteiger partial charge in [-0.05, 0) is 49.6 Å². The largest absolute Gasteiger partial charge is 0.391 e. The summed E-state index contributed by atoms with van der Waals surface area (Å²) in [4.78, 5) is 21.3. The van der Waals surface area contributed by atoms with E-state index in [0.717, 1.165) is 16.8 Å². The summed E-state index contributed by atoms with van der Waals surface area (Å²) in [6.07, 6.45) is 0.837. The van der Waals surface area contributed by atoms with Gasteiger partial charge in [-0.25, -0.2) is 8.42 Å². The van der Waals surface area contributed by atoms with Crippen LogP contribution in [0.15, 0.2) is 59.6 Å². The van der Waals surface area contributed by atoms with Crippen molar-refractivity contribution in [1.29, 1.82) is 0 Å². The number of halogens is 1. The molecule has 9 heteroatoms. The van der Waals surface area contributed by atoms with Gasteiger partial charge in [-0.1, -0.05) is 29.8 Å². The fraction of sp³-hybridized carbons (Fsp3) is 0.360. The van der Waals surface area contributed by atoms with Crippen LogP contribution in [0, 0.1) is 6.92 Å². The minimum absolute atomic E-state index is 0.149. The van der Waals surface area contributed by atoms with E-state index in [4.69, 9.17) is 11.6 Å². The van der Waals surface area contributed by atoms with Crippen molar-refractivity contribution in [3.8, 4) is 0 Å². The van der Waals surface area contributed by atoms with Crippen LogP contribution in [0.2, 0.25) is 5.02 Å². The van der Waals surface area contributed by atoms with E-state index in [1.54, 1.807) is 48.4 Å². The lowest BCUT2D eigenvalue weighted by atomic mass is 10.1. The van der Waals surface area contributed by atoms with Gasteiger partial charge in [0.15, 0.2) is 9.84 Å². The number of aryl methyl sites for hydroxylation is 1. The SMILES string of the molecule is Cc1cc(N2CCN(C(=O)CCS(=O)(=O)c3cccc4cc(Cl)ccc34)C(C(C)O)C2)ccn1. The first-order chi connectivity index (χ1) is 16.2. The number of pyridine rings is 1. The van der Waals surface area contributed by atoms with Gasteiger partial charge in [-0.3, -0.25) is 9.78 Å². The molecule has 180 valence electrons. The van der Waals surface area contributed by atoms with Crippen LogP contribution in [-0.2, 0) is 14.6 Å². The van der Waals surface area contributed by atoms with Crippen molar-refractivity contribution in [2.24, 2.45) is 0 Å². The minimum Gasteiger partial charge on any atom is -0.391 e. The zero-order valence-corrected chi connectivity index (χ0v) is 20.8. The molecule has 0 aliphatic carbocycles. The number of carbonyl (C=O) groups excluding carboxylic acids is 1. The molecule has 4 rings (SSSR count). The van der Waals surface area contributed by atoms with Gasteiger partial charge < -0.3 is 14.9 Å². The van der Waals surface area contributed by atoms with Crippen molar-refractivity contribution in [2.75, 3.05) is 30.3 Å². The highest BCUT2D eigenvalue weighted by atomic mass is 35.5. The van der Waals surface area contributed by atoms with Gasteiger partial charge in [0.2, 0.25) is 5.91 Å². The van der Waals surface area contributed by atoms with E-state index < -0.39 is 22.0 Å². The summed E-state index contributed by atoms with van der Waals surface area (Å²) in [5.74, 6) is -0.576. The molecule has 2 unspecified atom stereocenters. The Morgan fingerprint density at radius 3 is 2.74 bits per heavy atom. The Morgan fingerprint density at radius 2 is 2.00 bits per heavy atom. The summed E-state index contributed by atoms with van der Waals surface area (Å²) in [6.45, 7) is 5.03. The first kappa shape index (κ1) is 24.4. The first-order valence-electron chi connectivity index (χ1n) is 11.2. The summed E-state index contributed by atoms with van der Waals surface area (Å²) in [5.41, 5.74) is 1.88. The van der Waals surface area contributed by atoms with Gasteiger partial charge in [-0.15, -0.1) is 0 Å². The molecule has 7 nitrogen and oxygen atoms in total. The quantitative estimate of drug-likeness (QED) is 0.556. The summed E-state index contributed by atoms with van der Waals surface area (Å²) in [5, 5.41) is 12.2. The van der Waals surface area contributed by atoms with Crippen LogP contribution >= 0.6 is 11.6 Å². The molecule has 0 radical (unpaired) electrons. The Morgan fingerprint density at radius 1 is 1.21 bits per heavy atom. The molecule has 1 saturated heterocycles. The van der Waals surface area contributed by atoms with Crippen molar-refractivity contribution >= 4 is 43.8 Å². The molecule has 1 aliphatic rings. The molecule has 34 heavy (non-hydrogen) atoms. The maximum absolute atomic E-state index is 13.1. The van der Waals surface area contributed by atoms with Crippen LogP contribution in [0.3, 0.4) is 0 Å². The first-order valence-corrected chi connectivity index (χ1v) is 13.2. The van der Waals surface area contributed by atoms with Gasteiger partial charge in [0, 0.05) is 54.0 Å². The lowest BCUT2D eigenvalue weighted by molar-refractivity contribution is -0.136. The number of rotatable bonds is 6. The third kappa shape index (κ3) is 5.19. The van der Waals surface area contributed by atoms with Gasteiger partial charge in [0.25, 0.3) is 0 Å². The average Bonchev–Trinajstić information content (AvgIpc) is 2.81.